The molecule has 176 valence electrons. The summed E-state index contributed by atoms with van der Waals surface area (Å²) in [6.45, 7) is 6.96. The number of halogens is 1. The van der Waals surface area contributed by atoms with Gasteiger partial charge >= 0.3 is 0 Å². The van der Waals surface area contributed by atoms with Crippen LogP contribution in [0.25, 0.3) is 10.9 Å². The first-order valence-electron chi connectivity index (χ1n) is 10.9. The highest BCUT2D eigenvalue weighted by Gasteiger charge is 2.27. The maximum absolute atomic E-state index is 13.2. The second-order valence-corrected chi connectivity index (χ2v) is 10.0. The molecule has 0 radical (unpaired) electrons. The van der Waals surface area contributed by atoms with Gasteiger partial charge in [0, 0.05) is 42.8 Å². The molecule has 2 heterocycles. The van der Waals surface area contributed by atoms with Crippen molar-refractivity contribution >= 4 is 50.1 Å². The van der Waals surface area contributed by atoms with Crippen LogP contribution in [0.1, 0.15) is 19.4 Å². The number of fused-ring (bicyclic) bond motifs is 1. The zero-order valence-electron chi connectivity index (χ0n) is 18.6. The van der Waals surface area contributed by atoms with E-state index < -0.39 is 10.0 Å². The van der Waals surface area contributed by atoms with Crippen molar-refractivity contribution in [1.29, 1.82) is 0 Å². The number of rotatable bonds is 7. The van der Waals surface area contributed by atoms with Gasteiger partial charge in [-0.1, -0.05) is 17.7 Å². The number of aromatic amines is 1. The predicted octanol–water partition coefficient (Wildman–Crippen LogP) is 4.14. The van der Waals surface area contributed by atoms with E-state index in [4.69, 9.17) is 16.3 Å². The number of sulfonamides is 1. The smallest absolute Gasteiger partial charge is 0.243 e. The highest BCUT2D eigenvalue weighted by Crippen LogP contribution is 2.34. The van der Waals surface area contributed by atoms with E-state index in [1.807, 2.05) is 13.8 Å². The molecule has 1 aromatic heterocycles. The Morgan fingerprint density at radius 1 is 1.18 bits per heavy atom. The van der Waals surface area contributed by atoms with Crippen LogP contribution in [0.3, 0.4) is 0 Å². The molecular weight excluding hydrogens is 464 g/mol. The molecule has 0 saturated carbocycles. The molecule has 0 atom stereocenters. The first-order valence-corrected chi connectivity index (χ1v) is 12.7. The molecule has 3 aromatic rings. The minimum atomic E-state index is -3.67. The van der Waals surface area contributed by atoms with Gasteiger partial charge < -0.3 is 19.7 Å². The van der Waals surface area contributed by atoms with Crippen molar-refractivity contribution in [2.75, 3.05) is 44.3 Å². The number of aromatic hydroxyl groups is 1. The standard InChI is InChI=1S/C23H27ClN4O4S/c1-3-27(4-2)22-8-6-17(33(30,31)28-9-11-32-12-10-28)14-21(22)25-15-19-18-7-5-16(24)13-20(18)26-23(19)29/h5-8,13-15,26,29H,3-4,9-12H2,1-2H3. The maximum atomic E-state index is 13.2. The number of nitrogens with zero attached hydrogens (tertiary/aromatic N) is 3. The number of aromatic nitrogens is 1. The van der Waals surface area contributed by atoms with Crippen LogP contribution in [0, 0.1) is 0 Å². The zero-order valence-corrected chi connectivity index (χ0v) is 20.2. The Bertz CT molecular complexity index is 1280. The highest BCUT2D eigenvalue weighted by atomic mass is 35.5. The molecule has 2 N–H and O–H groups in total. The molecule has 2 aromatic carbocycles. The Balaban J connectivity index is 1.78. The average Bonchev–Trinajstić information content (AvgIpc) is 3.13. The lowest BCUT2D eigenvalue weighted by atomic mass is 10.2. The Morgan fingerprint density at radius 2 is 1.91 bits per heavy atom. The summed E-state index contributed by atoms with van der Waals surface area (Å²) in [4.78, 5) is 9.82. The van der Waals surface area contributed by atoms with Gasteiger partial charge in [0.2, 0.25) is 10.0 Å². The van der Waals surface area contributed by atoms with Gasteiger partial charge in [0.05, 0.1) is 40.6 Å². The molecule has 4 rings (SSSR count). The Hall–Kier alpha value is -2.59. The molecule has 1 saturated heterocycles. The second kappa shape index (κ2) is 9.72. The number of morpholine rings is 1. The molecule has 10 heteroatoms. The van der Waals surface area contributed by atoms with Crippen LogP contribution in [0.15, 0.2) is 46.3 Å². The third-order valence-corrected chi connectivity index (χ3v) is 7.90. The quantitative estimate of drug-likeness (QED) is 0.485. The van der Waals surface area contributed by atoms with E-state index in [9.17, 15) is 13.5 Å². The van der Waals surface area contributed by atoms with Crippen molar-refractivity contribution in [2.45, 2.75) is 18.7 Å². The van der Waals surface area contributed by atoms with Crippen LogP contribution in [0.5, 0.6) is 5.88 Å². The summed E-state index contributed by atoms with van der Waals surface area (Å²) >= 11 is 6.06. The largest absolute Gasteiger partial charge is 0.494 e. The summed E-state index contributed by atoms with van der Waals surface area (Å²) in [7, 11) is -3.67. The first kappa shape index (κ1) is 23.6. The maximum Gasteiger partial charge on any atom is 0.243 e. The molecule has 0 aliphatic carbocycles. The van der Waals surface area contributed by atoms with E-state index in [1.165, 1.54) is 4.31 Å². The summed E-state index contributed by atoms with van der Waals surface area (Å²) in [5.41, 5.74) is 2.53. The van der Waals surface area contributed by atoms with Crippen LogP contribution >= 0.6 is 11.6 Å². The summed E-state index contributed by atoms with van der Waals surface area (Å²) in [6.07, 6.45) is 1.55. The number of benzene rings is 2. The van der Waals surface area contributed by atoms with Gasteiger partial charge in [-0.05, 0) is 44.2 Å². The number of aliphatic imine (C=N–C) groups is 1. The lowest BCUT2D eigenvalue weighted by molar-refractivity contribution is 0.0730. The van der Waals surface area contributed by atoms with Crippen molar-refractivity contribution in [2.24, 2.45) is 4.99 Å². The van der Waals surface area contributed by atoms with Crippen LogP contribution in [0.2, 0.25) is 5.02 Å². The molecule has 1 aliphatic heterocycles. The fourth-order valence-corrected chi connectivity index (χ4v) is 5.58. The molecule has 33 heavy (non-hydrogen) atoms. The van der Waals surface area contributed by atoms with Crippen molar-refractivity contribution in [3.05, 3.63) is 47.0 Å². The SMILES string of the molecule is CCN(CC)c1ccc(S(=O)(=O)N2CCOCC2)cc1N=Cc1c(O)[nH]c2cc(Cl)ccc12. The zero-order chi connectivity index (χ0) is 23.6. The molecule has 1 aliphatic rings. The number of hydrogen-bond donors (Lipinski definition) is 2. The number of hydrogen-bond acceptors (Lipinski definition) is 6. The Morgan fingerprint density at radius 3 is 2.61 bits per heavy atom. The number of H-pyrrole nitrogens is 1. The third-order valence-electron chi connectivity index (χ3n) is 5.77. The van der Waals surface area contributed by atoms with Gasteiger partial charge in [-0.15, -0.1) is 0 Å². The van der Waals surface area contributed by atoms with Gasteiger partial charge in [-0.2, -0.15) is 4.31 Å². The first-order chi connectivity index (χ1) is 15.8. The number of ether oxygens (including phenoxy) is 1. The third kappa shape index (κ3) is 4.72. The van der Waals surface area contributed by atoms with Crippen molar-refractivity contribution < 1.29 is 18.3 Å². The van der Waals surface area contributed by atoms with E-state index in [2.05, 4.69) is 14.9 Å². The average molecular weight is 491 g/mol. The molecule has 0 bridgehead atoms. The lowest BCUT2D eigenvalue weighted by Gasteiger charge is -2.27. The fourth-order valence-electron chi connectivity index (χ4n) is 3.98. The minimum Gasteiger partial charge on any atom is -0.494 e. The van der Waals surface area contributed by atoms with Crippen LogP contribution in [0.4, 0.5) is 11.4 Å². The summed E-state index contributed by atoms with van der Waals surface area (Å²) < 4.78 is 33.1. The fraction of sp³-hybridized carbons (Fsp3) is 0.348. The van der Waals surface area contributed by atoms with E-state index in [-0.39, 0.29) is 10.8 Å². The van der Waals surface area contributed by atoms with E-state index >= 15 is 0 Å². The molecule has 0 spiro atoms. The summed E-state index contributed by atoms with van der Waals surface area (Å²) in [5, 5.41) is 11.7. The number of nitrogens with one attached hydrogen (secondary N) is 1. The second-order valence-electron chi connectivity index (χ2n) is 7.67. The molecule has 1 fully saturated rings. The van der Waals surface area contributed by atoms with Crippen molar-refractivity contribution in [3.63, 3.8) is 0 Å². The summed E-state index contributed by atoms with van der Waals surface area (Å²) in [6, 6.07) is 10.3. The van der Waals surface area contributed by atoms with Crippen molar-refractivity contribution in [1.82, 2.24) is 9.29 Å². The summed E-state index contributed by atoms with van der Waals surface area (Å²) in [5.74, 6) is -0.0301. The Kier molecular flexibility index (Phi) is 6.94. The normalized spacial score (nSPS) is 15.5. The highest BCUT2D eigenvalue weighted by molar-refractivity contribution is 7.89. The van der Waals surface area contributed by atoms with Gasteiger partial charge in [0.15, 0.2) is 5.88 Å². The van der Waals surface area contributed by atoms with Crippen LogP contribution in [-0.2, 0) is 14.8 Å². The van der Waals surface area contributed by atoms with Crippen molar-refractivity contribution in [3.8, 4) is 5.88 Å². The van der Waals surface area contributed by atoms with Gasteiger partial charge in [0.1, 0.15) is 0 Å². The minimum absolute atomic E-state index is 0.0301. The molecular formula is C23H27ClN4O4S. The van der Waals surface area contributed by atoms with Gasteiger partial charge in [-0.25, -0.2) is 8.42 Å². The predicted molar refractivity (Wildman–Crippen MR) is 132 cm³/mol. The molecule has 0 amide bonds. The molecule has 0 unspecified atom stereocenters. The van der Waals surface area contributed by atoms with Gasteiger partial charge in [0.25, 0.3) is 0 Å². The molecule has 8 nitrogen and oxygen atoms in total. The topological polar surface area (TPSA) is 98.2 Å². The number of anilines is 1. The monoisotopic (exact) mass is 490 g/mol. The van der Waals surface area contributed by atoms with Crippen LogP contribution in [-0.4, -0.2) is 68.4 Å². The van der Waals surface area contributed by atoms with Gasteiger partial charge in [-0.3, -0.25) is 4.99 Å². The van der Waals surface area contributed by atoms with E-state index in [0.29, 0.717) is 48.1 Å². The van der Waals surface area contributed by atoms with E-state index in [1.54, 1.807) is 42.6 Å². The van der Waals surface area contributed by atoms with E-state index in [0.717, 1.165) is 24.2 Å². The Labute approximate surface area is 198 Å². The lowest BCUT2D eigenvalue weighted by Crippen LogP contribution is -2.40. The van der Waals surface area contributed by atoms with Crippen LogP contribution < -0.4 is 4.90 Å².